The quantitative estimate of drug-likeness (QED) is 0.0376. The van der Waals surface area contributed by atoms with Crippen molar-refractivity contribution in [3.05, 3.63) is 132 Å². The van der Waals surface area contributed by atoms with Crippen LogP contribution < -0.4 is 20.4 Å². The molecule has 0 radical (unpaired) electrons. The Morgan fingerprint density at radius 2 is 1.24 bits per heavy atom. The summed E-state index contributed by atoms with van der Waals surface area (Å²) >= 11 is 0. The van der Waals surface area contributed by atoms with Gasteiger partial charge in [0.2, 0.25) is 5.91 Å². The number of carbonyl (C=O) groups excluding carboxylic acids is 4. The first kappa shape index (κ1) is 53.9. The molecule has 0 saturated heterocycles. The first-order chi connectivity index (χ1) is 31.5. The number of hydrogen-bond donors (Lipinski definition) is 1. The fourth-order valence-electron chi connectivity index (χ4n) is 7.67. The number of carbonyl (C=O) groups is 4. The SMILES string of the molecule is CCCN(CC(COc1ccccc1C(=CCc1ccccc1)OC(=O)CCC(=O)N[C@H](C(=O)OC(C)(C)C)C(C)C)O[Si](c1ccccc1)(c1ccccc1)C(C)(C)C)C(=O)OC(C)(C)C. The van der Waals surface area contributed by atoms with Crippen LogP contribution in [0.2, 0.25) is 5.04 Å². The van der Waals surface area contributed by atoms with Crippen molar-refractivity contribution in [2.45, 2.75) is 137 Å². The normalized spacial score (nSPS) is 13.3. The second-order valence-corrected chi connectivity index (χ2v) is 24.4. The molecule has 4 aromatic carbocycles. The van der Waals surface area contributed by atoms with Gasteiger partial charge in [-0.25, -0.2) is 9.59 Å². The zero-order valence-corrected chi connectivity index (χ0v) is 42.9. The topological polar surface area (TPSA) is 130 Å². The minimum atomic E-state index is -3.18. The minimum Gasteiger partial charge on any atom is -0.490 e. The number of rotatable bonds is 21. The van der Waals surface area contributed by atoms with Crippen molar-refractivity contribution in [2.24, 2.45) is 5.92 Å². The molecular weight excluding hydrogens is 861 g/mol. The molecule has 2 amide bonds. The molecule has 0 saturated carbocycles. The van der Waals surface area contributed by atoms with Gasteiger partial charge in [-0.15, -0.1) is 0 Å². The van der Waals surface area contributed by atoms with Gasteiger partial charge in [0.25, 0.3) is 8.32 Å². The van der Waals surface area contributed by atoms with Crippen LogP contribution in [0.1, 0.15) is 113 Å². The summed E-state index contributed by atoms with van der Waals surface area (Å²) in [4.78, 5) is 55.3. The molecule has 12 heteroatoms. The zero-order valence-electron chi connectivity index (χ0n) is 41.9. The number of benzene rings is 4. The smallest absolute Gasteiger partial charge is 0.410 e. The number of nitrogens with one attached hydrogen (secondary N) is 1. The number of hydrogen-bond acceptors (Lipinski definition) is 9. The highest BCUT2D eigenvalue weighted by Gasteiger charge is 2.52. The molecular formula is C55H74N2O9Si. The van der Waals surface area contributed by atoms with Crippen molar-refractivity contribution in [1.29, 1.82) is 0 Å². The van der Waals surface area contributed by atoms with Crippen LogP contribution in [0, 0.1) is 5.92 Å². The zero-order chi connectivity index (χ0) is 49.4. The van der Waals surface area contributed by atoms with Gasteiger partial charge in [-0.2, -0.15) is 0 Å². The van der Waals surface area contributed by atoms with Crippen molar-refractivity contribution in [1.82, 2.24) is 10.2 Å². The Kier molecular flexibility index (Phi) is 19.6. The Morgan fingerprint density at radius 3 is 1.76 bits per heavy atom. The van der Waals surface area contributed by atoms with Crippen LogP contribution in [-0.4, -0.2) is 80.2 Å². The van der Waals surface area contributed by atoms with E-state index in [-0.39, 0.29) is 42.7 Å². The number of para-hydroxylation sites is 1. The lowest BCUT2D eigenvalue weighted by Gasteiger charge is -2.45. The Labute approximate surface area is 400 Å². The van der Waals surface area contributed by atoms with E-state index >= 15 is 0 Å². The molecule has 0 spiro atoms. The van der Waals surface area contributed by atoms with Gasteiger partial charge >= 0.3 is 18.0 Å². The highest BCUT2D eigenvalue weighted by molar-refractivity contribution is 6.99. The summed E-state index contributed by atoms with van der Waals surface area (Å²) in [6.45, 7) is 23.8. The van der Waals surface area contributed by atoms with E-state index in [0.717, 1.165) is 15.9 Å². The summed E-state index contributed by atoms with van der Waals surface area (Å²) in [6, 6.07) is 36.9. The van der Waals surface area contributed by atoms with Crippen LogP contribution in [0.3, 0.4) is 0 Å². The molecule has 0 aromatic heterocycles. The molecule has 2 atom stereocenters. The molecule has 0 aliphatic heterocycles. The van der Waals surface area contributed by atoms with E-state index in [0.29, 0.717) is 30.7 Å². The van der Waals surface area contributed by atoms with Crippen LogP contribution in [-0.2, 0) is 39.4 Å². The lowest BCUT2D eigenvalue weighted by Crippen LogP contribution is -2.68. The van der Waals surface area contributed by atoms with Crippen molar-refractivity contribution in [3.63, 3.8) is 0 Å². The highest BCUT2D eigenvalue weighted by atomic mass is 28.4. The van der Waals surface area contributed by atoms with Crippen molar-refractivity contribution in [3.8, 4) is 5.75 Å². The van der Waals surface area contributed by atoms with Gasteiger partial charge in [0.15, 0.2) is 0 Å². The molecule has 67 heavy (non-hydrogen) atoms. The van der Waals surface area contributed by atoms with Crippen LogP contribution in [0.4, 0.5) is 4.79 Å². The summed E-state index contributed by atoms with van der Waals surface area (Å²) in [7, 11) is -3.18. The number of ether oxygens (including phenoxy) is 4. The number of amides is 2. The van der Waals surface area contributed by atoms with Gasteiger partial charge in [-0.1, -0.05) is 145 Å². The molecule has 1 unspecified atom stereocenters. The average molecular weight is 935 g/mol. The number of esters is 2. The Balaban J connectivity index is 1.72. The lowest BCUT2D eigenvalue weighted by molar-refractivity contribution is -0.160. The summed E-state index contributed by atoms with van der Waals surface area (Å²) in [5.41, 5.74) is 0.0661. The maximum atomic E-state index is 13.9. The van der Waals surface area contributed by atoms with Gasteiger partial charge in [0.1, 0.15) is 35.4 Å². The summed E-state index contributed by atoms with van der Waals surface area (Å²) in [6.07, 6.45) is 1.40. The number of nitrogens with zero attached hydrogens (tertiary/aromatic N) is 1. The Morgan fingerprint density at radius 1 is 0.701 bits per heavy atom. The Bertz CT molecular complexity index is 2190. The largest absolute Gasteiger partial charge is 0.490 e. The fourth-order valence-corrected chi connectivity index (χ4v) is 12.3. The third-order valence-corrected chi connectivity index (χ3v) is 15.8. The van der Waals surface area contributed by atoms with E-state index < -0.39 is 55.6 Å². The summed E-state index contributed by atoms with van der Waals surface area (Å²) in [5, 5.41) is 4.53. The molecule has 0 aliphatic rings. The molecule has 0 heterocycles. The molecule has 0 fully saturated rings. The van der Waals surface area contributed by atoms with Crippen molar-refractivity contribution >= 4 is 48.4 Å². The first-order valence-electron chi connectivity index (χ1n) is 23.5. The van der Waals surface area contributed by atoms with Crippen LogP contribution >= 0.6 is 0 Å². The van der Waals surface area contributed by atoms with Crippen LogP contribution in [0.25, 0.3) is 5.76 Å². The second-order valence-electron chi connectivity index (χ2n) is 20.2. The summed E-state index contributed by atoms with van der Waals surface area (Å²) in [5.74, 6) is -1.21. The molecule has 0 aliphatic carbocycles. The van der Waals surface area contributed by atoms with Crippen LogP contribution in [0.15, 0.2) is 121 Å². The molecule has 0 bridgehead atoms. The predicted octanol–water partition coefficient (Wildman–Crippen LogP) is 10.0. The Hall–Kier alpha value is -5.72. The van der Waals surface area contributed by atoms with E-state index in [2.05, 4.69) is 50.4 Å². The standard InChI is InChI=1S/C55H74N2O9Si/c1-13-37-57(52(61)65-54(7,8)9)38-42(66-67(55(10,11)12,43-27-19-15-20-28-43)44-29-21-16-22-30-44)39-62-46-32-24-23-31-45(46)47(34-33-41-25-17-14-18-26-41)63-49(59)36-35-48(58)56-50(40(2)3)51(60)64-53(4,5)6/h14-32,34,40,42,50H,13,33,35-39H2,1-12H3,(H,56,58)/t42?,50-/m0/s1. The van der Waals surface area contributed by atoms with E-state index in [1.54, 1.807) is 25.7 Å². The first-order valence-corrected chi connectivity index (χ1v) is 25.4. The van der Waals surface area contributed by atoms with Crippen LogP contribution in [0.5, 0.6) is 5.75 Å². The maximum Gasteiger partial charge on any atom is 0.410 e. The second kappa shape index (κ2) is 24.3. The summed E-state index contributed by atoms with van der Waals surface area (Å²) < 4.78 is 32.0. The monoisotopic (exact) mass is 935 g/mol. The van der Waals surface area contributed by atoms with Gasteiger partial charge in [-0.3, -0.25) is 9.59 Å². The fraction of sp³-hybridized carbons (Fsp3) is 0.455. The van der Waals surface area contributed by atoms with Gasteiger partial charge in [0, 0.05) is 13.0 Å². The van der Waals surface area contributed by atoms with Gasteiger partial charge in [-0.05, 0) is 99.5 Å². The minimum absolute atomic E-state index is 0.0271. The maximum absolute atomic E-state index is 13.9. The van der Waals surface area contributed by atoms with Gasteiger partial charge in [0.05, 0.1) is 24.6 Å². The van der Waals surface area contributed by atoms with E-state index in [9.17, 15) is 19.2 Å². The highest BCUT2D eigenvalue weighted by Crippen LogP contribution is 2.38. The third kappa shape index (κ3) is 16.5. The molecule has 362 valence electrons. The van der Waals surface area contributed by atoms with E-state index in [1.807, 2.05) is 139 Å². The third-order valence-electron chi connectivity index (χ3n) is 10.7. The molecule has 4 aromatic rings. The van der Waals surface area contributed by atoms with Gasteiger partial charge < -0.3 is 33.6 Å². The van der Waals surface area contributed by atoms with E-state index in [1.165, 1.54) is 0 Å². The van der Waals surface area contributed by atoms with Crippen molar-refractivity contribution < 1.29 is 42.6 Å². The average Bonchev–Trinajstić information content (AvgIpc) is 3.26. The molecule has 1 N–H and O–H groups in total. The van der Waals surface area contributed by atoms with E-state index in [4.69, 9.17) is 23.4 Å². The lowest BCUT2D eigenvalue weighted by atomic mass is 10.0. The molecule has 4 rings (SSSR count). The molecule has 11 nitrogen and oxygen atoms in total. The predicted molar refractivity (Wildman–Crippen MR) is 269 cm³/mol. The van der Waals surface area contributed by atoms with Crippen molar-refractivity contribution in [2.75, 3.05) is 19.7 Å². The number of allylic oxidation sites excluding steroid dienone is 1.